The highest BCUT2D eigenvalue weighted by molar-refractivity contribution is 7.93. The van der Waals surface area contributed by atoms with Crippen molar-refractivity contribution < 1.29 is 28.4 Å². The predicted molar refractivity (Wildman–Crippen MR) is 149 cm³/mol. The van der Waals surface area contributed by atoms with Gasteiger partial charge < -0.3 is 19.5 Å². The van der Waals surface area contributed by atoms with Gasteiger partial charge in [0.25, 0.3) is 10.0 Å². The minimum atomic E-state index is -3.75. The van der Waals surface area contributed by atoms with Crippen molar-refractivity contribution in [1.29, 1.82) is 0 Å². The van der Waals surface area contributed by atoms with Crippen LogP contribution in [-0.4, -0.2) is 66.2 Å². The van der Waals surface area contributed by atoms with Crippen LogP contribution in [0.1, 0.15) is 18.7 Å². The molecule has 0 saturated carbocycles. The zero-order chi connectivity index (χ0) is 26.2. The number of benzene rings is 2. The van der Waals surface area contributed by atoms with E-state index in [9.17, 15) is 22.7 Å². The molecule has 12 heteroatoms. The first-order chi connectivity index (χ1) is 17.8. The van der Waals surface area contributed by atoms with Crippen LogP contribution in [0.2, 0.25) is 0 Å². The zero-order valence-electron chi connectivity index (χ0n) is 20.0. The lowest BCUT2D eigenvalue weighted by Gasteiger charge is -2.42. The van der Waals surface area contributed by atoms with Crippen LogP contribution in [0.4, 0.5) is 15.2 Å². The summed E-state index contributed by atoms with van der Waals surface area (Å²) in [5.41, 5.74) is 1.43. The summed E-state index contributed by atoms with van der Waals surface area (Å²) in [6.45, 7) is 2.83. The van der Waals surface area contributed by atoms with E-state index < -0.39 is 22.1 Å². The molecule has 0 radical (unpaired) electrons. The van der Waals surface area contributed by atoms with Gasteiger partial charge in [0.05, 0.1) is 23.1 Å². The summed E-state index contributed by atoms with van der Waals surface area (Å²) >= 11 is 1.19. The first-order valence-corrected chi connectivity index (χ1v) is 14.1. The molecule has 202 valence electrons. The molecule has 2 N–H and O–H groups in total. The summed E-state index contributed by atoms with van der Waals surface area (Å²) < 4.78 is 43.5. The van der Waals surface area contributed by atoms with Gasteiger partial charge in [0, 0.05) is 54.2 Å². The summed E-state index contributed by atoms with van der Waals surface area (Å²) in [6.07, 6.45) is 3.23. The van der Waals surface area contributed by atoms with Gasteiger partial charge in [0.1, 0.15) is 11.9 Å². The van der Waals surface area contributed by atoms with Crippen molar-refractivity contribution in [1.82, 2.24) is 14.5 Å². The fourth-order valence-electron chi connectivity index (χ4n) is 4.67. The molecule has 9 nitrogen and oxygen atoms in total. The molecule has 37 heavy (non-hydrogen) atoms. The van der Waals surface area contributed by atoms with Crippen molar-refractivity contribution in [3.05, 3.63) is 72.1 Å². The summed E-state index contributed by atoms with van der Waals surface area (Å²) in [5, 5.41) is 12.5. The van der Waals surface area contributed by atoms with Crippen LogP contribution in [0.3, 0.4) is 0 Å². The molecule has 4 aromatic rings. The number of hydrogen-bond acceptors (Lipinski definition) is 7. The number of nitrogens with zero attached hydrogens (tertiary/aromatic N) is 4. The number of fused-ring (bicyclic) bond motifs is 1. The van der Waals surface area contributed by atoms with Crippen LogP contribution in [-0.2, 0) is 14.8 Å². The number of amides is 1. The van der Waals surface area contributed by atoms with Gasteiger partial charge in [-0.2, -0.15) is 0 Å². The third kappa shape index (κ3) is 4.91. The fourth-order valence-corrected chi connectivity index (χ4v) is 6.46. The maximum atomic E-state index is 14.1. The van der Waals surface area contributed by atoms with Crippen LogP contribution < -0.4 is 9.62 Å². The molecular formula is C25H34FN5O4S2. The number of aliphatic hydroxyl groups excluding tert-OH is 1. The van der Waals surface area contributed by atoms with E-state index in [1.54, 1.807) is 58.3 Å². The molecule has 1 aliphatic rings. The fraction of sp³-hybridized carbons (Fsp3) is 0.280. The molecule has 0 aliphatic carbocycles. The van der Waals surface area contributed by atoms with E-state index in [1.165, 1.54) is 35.7 Å². The maximum absolute atomic E-state index is 14.1. The first-order valence-electron chi connectivity index (χ1n) is 11.7. The smallest absolute Gasteiger partial charge is 0.263 e. The Hall–Kier alpha value is -3.48. The molecule has 5 rings (SSSR count). The number of aromatic nitrogens is 2. The van der Waals surface area contributed by atoms with Crippen molar-refractivity contribution >= 4 is 49.0 Å². The Bertz CT molecular complexity index is 1520. The minimum Gasteiger partial charge on any atom is -0.394 e. The average Bonchev–Trinajstić information content (AvgIpc) is 3.58. The molecule has 1 amide bonds. The summed E-state index contributed by atoms with van der Waals surface area (Å²) in [6, 6.07) is 11.9. The number of carbonyl (C=O) groups is 1. The Morgan fingerprint density at radius 2 is 2.03 bits per heavy atom. The number of halogens is 1. The Labute approximate surface area is 223 Å². The standard InChI is InChI=1S/C25H26FN5O4S2.4H2/c1-17(30-11-9-21-22(26)3-2-4-23(21)30)24(33)31-13-12-29(15-19(31)16-32)18-5-7-20(8-6-18)37(34,35)28-25-27-10-14-36-25;;;;/h2-11,14,17,19,32H,12-13,15-16H2,1H3,(H,27,28);4*1H/t17-,19+;;;;/m1..../s1. The first kappa shape index (κ1) is 25.2. The second-order valence-electron chi connectivity index (χ2n) is 8.82. The van der Waals surface area contributed by atoms with Gasteiger partial charge in [-0.1, -0.05) is 6.07 Å². The number of rotatable bonds is 7. The lowest BCUT2D eigenvalue weighted by Crippen LogP contribution is -2.57. The monoisotopic (exact) mass is 551 g/mol. The highest BCUT2D eigenvalue weighted by atomic mass is 32.2. The summed E-state index contributed by atoms with van der Waals surface area (Å²) in [7, 11) is -3.75. The zero-order valence-corrected chi connectivity index (χ0v) is 21.6. The number of aliphatic hydroxyl groups is 1. The molecule has 1 fully saturated rings. The lowest BCUT2D eigenvalue weighted by atomic mass is 10.1. The Kier molecular flexibility index (Phi) is 6.88. The normalized spacial score (nSPS) is 17.2. The molecule has 0 unspecified atom stereocenters. The predicted octanol–water partition coefficient (Wildman–Crippen LogP) is 4.29. The molecule has 2 atom stereocenters. The van der Waals surface area contributed by atoms with Gasteiger partial charge in [-0.05, 0) is 49.4 Å². The Balaban J connectivity index is 0.00000210. The van der Waals surface area contributed by atoms with Gasteiger partial charge in [-0.25, -0.2) is 17.8 Å². The van der Waals surface area contributed by atoms with Gasteiger partial charge >= 0.3 is 0 Å². The van der Waals surface area contributed by atoms with Crippen LogP contribution in [0, 0.1) is 5.82 Å². The van der Waals surface area contributed by atoms with Crippen molar-refractivity contribution in [2.24, 2.45) is 0 Å². The van der Waals surface area contributed by atoms with E-state index in [2.05, 4.69) is 9.71 Å². The second-order valence-corrected chi connectivity index (χ2v) is 11.4. The van der Waals surface area contributed by atoms with Crippen molar-refractivity contribution in [3.63, 3.8) is 0 Å². The van der Waals surface area contributed by atoms with E-state index in [1.807, 2.05) is 4.90 Å². The molecule has 0 bridgehead atoms. The Morgan fingerprint density at radius 3 is 2.73 bits per heavy atom. The van der Waals surface area contributed by atoms with Gasteiger partial charge in [-0.15, -0.1) is 11.3 Å². The van der Waals surface area contributed by atoms with Crippen molar-refractivity contribution in [2.45, 2.75) is 23.9 Å². The molecular weight excluding hydrogens is 517 g/mol. The van der Waals surface area contributed by atoms with E-state index in [-0.39, 0.29) is 28.9 Å². The van der Waals surface area contributed by atoms with E-state index in [4.69, 9.17) is 0 Å². The third-order valence-corrected chi connectivity index (χ3v) is 8.80. The molecule has 1 saturated heterocycles. The maximum Gasteiger partial charge on any atom is 0.263 e. The Morgan fingerprint density at radius 1 is 1.24 bits per heavy atom. The summed E-state index contributed by atoms with van der Waals surface area (Å²) in [4.78, 5) is 21.2. The lowest BCUT2D eigenvalue weighted by molar-refractivity contribution is -0.138. The number of sulfonamides is 1. The average molecular weight is 552 g/mol. The van der Waals surface area contributed by atoms with E-state index >= 15 is 0 Å². The van der Waals surface area contributed by atoms with E-state index in [0.29, 0.717) is 35.7 Å². The molecule has 3 heterocycles. The number of thiazole rings is 1. The molecule has 1 aliphatic heterocycles. The quantitative estimate of drug-likeness (QED) is 0.355. The second kappa shape index (κ2) is 10.1. The van der Waals surface area contributed by atoms with Crippen molar-refractivity contribution in [3.8, 4) is 0 Å². The highest BCUT2D eigenvalue weighted by Gasteiger charge is 2.33. The third-order valence-electron chi connectivity index (χ3n) is 6.63. The largest absolute Gasteiger partial charge is 0.394 e. The molecule has 2 aromatic carbocycles. The van der Waals surface area contributed by atoms with Gasteiger partial charge in [0.2, 0.25) is 5.91 Å². The van der Waals surface area contributed by atoms with Gasteiger partial charge in [-0.3, -0.25) is 9.52 Å². The van der Waals surface area contributed by atoms with Crippen molar-refractivity contribution in [2.75, 3.05) is 35.9 Å². The summed E-state index contributed by atoms with van der Waals surface area (Å²) in [5.74, 6) is -0.495. The van der Waals surface area contributed by atoms with Gasteiger partial charge in [0.15, 0.2) is 5.13 Å². The van der Waals surface area contributed by atoms with Crippen LogP contribution in [0.5, 0.6) is 0 Å². The van der Waals surface area contributed by atoms with Crippen LogP contribution >= 0.6 is 11.3 Å². The number of nitrogens with one attached hydrogen (secondary N) is 1. The number of hydrogen-bond donors (Lipinski definition) is 2. The minimum absolute atomic E-state index is 0. The van der Waals surface area contributed by atoms with Crippen LogP contribution in [0.15, 0.2) is 71.2 Å². The number of carbonyl (C=O) groups excluding carboxylic acids is 1. The molecule has 0 spiro atoms. The topological polar surface area (TPSA) is 108 Å². The number of piperazine rings is 1. The molecule has 2 aromatic heterocycles. The SMILES string of the molecule is C[C@H](C(=O)N1CCN(c2ccc(S(=O)(=O)Nc3nccs3)cc2)C[C@H]1CO)n1ccc2c(F)cccc21.[HH].[HH].[HH].[HH]. The highest BCUT2D eigenvalue weighted by Crippen LogP contribution is 2.27. The van der Waals surface area contributed by atoms with Crippen LogP contribution in [0.25, 0.3) is 10.9 Å². The van der Waals surface area contributed by atoms with E-state index in [0.717, 1.165) is 5.69 Å². The number of anilines is 2.